The minimum absolute atomic E-state index is 0.00886. The molecule has 28 heavy (non-hydrogen) atoms. The zero-order valence-electron chi connectivity index (χ0n) is 15.7. The fourth-order valence-corrected chi connectivity index (χ4v) is 3.52. The van der Waals surface area contributed by atoms with Gasteiger partial charge in [-0.25, -0.2) is 4.39 Å². The second kappa shape index (κ2) is 9.41. The molecule has 1 aromatic heterocycles. The van der Waals surface area contributed by atoms with Gasteiger partial charge in [-0.3, -0.25) is 14.6 Å². The highest BCUT2D eigenvalue weighted by molar-refractivity contribution is 5.94. The average molecular weight is 385 g/mol. The second-order valence-corrected chi connectivity index (χ2v) is 6.92. The number of hydrogen-bond donors (Lipinski definition) is 2. The predicted octanol–water partition coefficient (Wildman–Crippen LogP) is 2.45. The van der Waals surface area contributed by atoms with Gasteiger partial charge < -0.3 is 15.4 Å². The predicted molar refractivity (Wildman–Crippen MR) is 102 cm³/mol. The number of hydrogen-bond acceptors (Lipinski definition) is 4. The van der Waals surface area contributed by atoms with Crippen molar-refractivity contribution < 1.29 is 18.7 Å². The van der Waals surface area contributed by atoms with Gasteiger partial charge >= 0.3 is 0 Å². The third kappa shape index (κ3) is 4.92. The van der Waals surface area contributed by atoms with Crippen LogP contribution in [0.25, 0.3) is 0 Å². The molecule has 0 radical (unpaired) electrons. The molecule has 2 aromatic rings. The molecule has 1 aliphatic rings. The molecule has 6 nitrogen and oxygen atoms in total. The van der Waals surface area contributed by atoms with Crippen LogP contribution in [0.1, 0.15) is 35.2 Å². The zero-order valence-corrected chi connectivity index (χ0v) is 15.7. The van der Waals surface area contributed by atoms with Crippen LogP contribution in [0.2, 0.25) is 0 Å². The Morgan fingerprint density at radius 1 is 1.18 bits per heavy atom. The maximum atomic E-state index is 13.8. The van der Waals surface area contributed by atoms with Gasteiger partial charge in [-0.15, -0.1) is 0 Å². The number of amides is 2. The number of benzene rings is 1. The van der Waals surface area contributed by atoms with Crippen molar-refractivity contribution >= 4 is 11.8 Å². The largest absolute Gasteiger partial charge is 0.379 e. The Bertz CT molecular complexity index is 816. The summed E-state index contributed by atoms with van der Waals surface area (Å²) < 4.78 is 19.3. The lowest BCUT2D eigenvalue weighted by Crippen LogP contribution is -2.49. The monoisotopic (exact) mass is 385 g/mol. The summed E-state index contributed by atoms with van der Waals surface area (Å²) in [5, 5.41) is 5.79. The molecule has 2 N–H and O–H groups in total. The number of aromatic nitrogens is 1. The number of carbonyl (C=O) groups excluding carboxylic acids is 2. The van der Waals surface area contributed by atoms with E-state index in [1.165, 1.54) is 12.1 Å². The number of nitrogens with one attached hydrogen (secondary N) is 2. The topological polar surface area (TPSA) is 80.3 Å². The molecule has 1 aliphatic carbocycles. The summed E-state index contributed by atoms with van der Waals surface area (Å²) in [5.74, 6) is -1.24. The number of halogens is 1. The average Bonchev–Trinajstić information content (AvgIpc) is 2.73. The van der Waals surface area contributed by atoms with Gasteiger partial charge in [0.15, 0.2) is 0 Å². The van der Waals surface area contributed by atoms with E-state index in [-0.39, 0.29) is 29.5 Å². The quantitative estimate of drug-likeness (QED) is 0.801. The third-order valence-electron chi connectivity index (χ3n) is 5.12. The second-order valence-electron chi connectivity index (χ2n) is 6.92. The molecule has 3 atom stereocenters. The van der Waals surface area contributed by atoms with Crippen LogP contribution in [0, 0.1) is 11.7 Å². The van der Waals surface area contributed by atoms with Crippen LogP contribution in [0.15, 0.2) is 48.8 Å². The third-order valence-corrected chi connectivity index (χ3v) is 5.12. The smallest absolute Gasteiger partial charge is 0.254 e. The SMILES string of the molecule is CO[C@@H]1C[C@@H](C(=O)NCc2ccncc2)CC[C@H]1NC(=O)c1ccccc1F. The summed E-state index contributed by atoms with van der Waals surface area (Å²) in [6.07, 6.45) is 4.79. The molecule has 148 valence electrons. The van der Waals surface area contributed by atoms with Crippen molar-refractivity contribution in [2.24, 2.45) is 5.92 Å². The minimum atomic E-state index is -0.557. The van der Waals surface area contributed by atoms with Crippen molar-refractivity contribution in [3.8, 4) is 0 Å². The van der Waals surface area contributed by atoms with Gasteiger partial charge in [0.05, 0.1) is 17.7 Å². The highest BCUT2D eigenvalue weighted by Crippen LogP contribution is 2.27. The Hall–Kier alpha value is -2.80. The minimum Gasteiger partial charge on any atom is -0.379 e. The molecule has 1 heterocycles. The maximum absolute atomic E-state index is 13.8. The molecular formula is C21H24FN3O3. The molecule has 0 spiro atoms. The van der Waals surface area contributed by atoms with Crippen molar-refractivity contribution in [3.05, 3.63) is 65.7 Å². The van der Waals surface area contributed by atoms with Crippen molar-refractivity contribution in [2.45, 2.75) is 38.0 Å². The molecule has 3 rings (SSSR count). The summed E-state index contributed by atoms with van der Waals surface area (Å²) in [7, 11) is 1.56. The van der Waals surface area contributed by atoms with E-state index in [0.717, 1.165) is 5.56 Å². The van der Waals surface area contributed by atoms with Crippen LogP contribution < -0.4 is 10.6 Å². The lowest BCUT2D eigenvalue weighted by atomic mass is 9.83. The Morgan fingerprint density at radius 2 is 1.93 bits per heavy atom. The Balaban J connectivity index is 1.55. The van der Waals surface area contributed by atoms with E-state index < -0.39 is 11.7 Å². The maximum Gasteiger partial charge on any atom is 0.254 e. The summed E-state index contributed by atoms with van der Waals surface area (Å²) in [4.78, 5) is 28.8. The summed E-state index contributed by atoms with van der Waals surface area (Å²) in [6, 6.07) is 9.31. The number of methoxy groups -OCH3 is 1. The van der Waals surface area contributed by atoms with Crippen LogP contribution in [0.3, 0.4) is 0 Å². The van der Waals surface area contributed by atoms with Gasteiger partial charge in [0.2, 0.25) is 5.91 Å². The van der Waals surface area contributed by atoms with E-state index in [1.807, 2.05) is 12.1 Å². The number of rotatable bonds is 6. The molecule has 0 unspecified atom stereocenters. The van der Waals surface area contributed by atoms with E-state index in [4.69, 9.17) is 4.74 Å². The molecule has 7 heteroatoms. The molecule has 0 aliphatic heterocycles. The Labute approximate surface area is 163 Å². The first kappa shape index (κ1) is 19.9. The molecule has 0 bridgehead atoms. The van der Waals surface area contributed by atoms with Crippen molar-refractivity contribution in [2.75, 3.05) is 7.11 Å². The highest BCUT2D eigenvalue weighted by atomic mass is 19.1. The first-order chi connectivity index (χ1) is 13.6. The van der Waals surface area contributed by atoms with E-state index >= 15 is 0 Å². The molecular weight excluding hydrogens is 361 g/mol. The number of carbonyl (C=O) groups is 2. The lowest BCUT2D eigenvalue weighted by molar-refractivity contribution is -0.128. The van der Waals surface area contributed by atoms with Crippen LogP contribution in [0.4, 0.5) is 4.39 Å². The number of ether oxygens (including phenoxy) is 1. The van der Waals surface area contributed by atoms with Crippen molar-refractivity contribution in [1.82, 2.24) is 15.6 Å². The molecule has 1 aromatic carbocycles. The highest BCUT2D eigenvalue weighted by Gasteiger charge is 2.35. The van der Waals surface area contributed by atoms with Crippen LogP contribution in [-0.4, -0.2) is 36.1 Å². The number of nitrogens with zero attached hydrogens (tertiary/aromatic N) is 1. The van der Waals surface area contributed by atoms with E-state index in [0.29, 0.717) is 25.8 Å². The summed E-state index contributed by atoms with van der Waals surface area (Å²) >= 11 is 0. The Morgan fingerprint density at radius 3 is 2.64 bits per heavy atom. The van der Waals surface area contributed by atoms with Gasteiger partial charge in [0, 0.05) is 32.0 Å². The zero-order chi connectivity index (χ0) is 19.9. The van der Waals surface area contributed by atoms with E-state index in [1.54, 1.807) is 31.6 Å². The molecule has 2 amide bonds. The number of pyridine rings is 1. The van der Waals surface area contributed by atoms with Crippen molar-refractivity contribution in [1.29, 1.82) is 0 Å². The van der Waals surface area contributed by atoms with Gasteiger partial charge in [-0.1, -0.05) is 12.1 Å². The Kier molecular flexibility index (Phi) is 6.71. The molecule has 0 saturated heterocycles. The van der Waals surface area contributed by atoms with Gasteiger partial charge in [-0.2, -0.15) is 0 Å². The standard InChI is InChI=1S/C21H24FN3O3/c1-28-19-12-15(20(26)24-13-14-8-10-23-11-9-14)6-7-18(19)25-21(27)16-4-2-3-5-17(16)22/h2-5,8-11,15,18-19H,6-7,12-13H2,1H3,(H,24,26)(H,25,27)/t15-,18+,19+/m0/s1. The summed E-state index contributed by atoms with van der Waals surface area (Å²) in [5.41, 5.74) is 0.993. The lowest BCUT2D eigenvalue weighted by Gasteiger charge is -2.35. The fraction of sp³-hybridized carbons (Fsp3) is 0.381. The molecule has 1 fully saturated rings. The van der Waals surface area contributed by atoms with Gasteiger partial charge in [0.25, 0.3) is 5.91 Å². The normalized spacial score (nSPS) is 21.7. The van der Waals surface area contributed by atoms with Crippen LogP contribution in [0.5, 0.6) is 0 Å². The molecule has 1 saturated carbocycles. The fourth-order valence-electron chi connectivity index (χ4n) is 3.52. The van der Waals surface area contributed by atoms with Gasteiger partial charge in [-0.05, 0) is 49.1 Å². The summed E-state index contributed by atoms with van der Waals surface area (Å²) in [6.45, 7) is 0.447. The van der Waals surface area contributed by atoms with Gasteiger partial charge in [0.1, 0.15) is 5.82 Å². The van der Waals surface area contributed by atoms with Crippen LogP contribution >= 0.6 is 0 Å². The first-order valence-corrected chi connectivity index (χ1v) is 9.33. The first-order valence-electron chi connectivity index (χ1n) is 9.33. The van der Waals surface area contributed by atoms with Crippen LogP contribution in [-0.2, 0) is 16.1 Å². The van der Waals surface area contributed by atoms with Crippen molar-refractivity contribution in [3.63, 3.8) is 0 Å². The van der Waals surface area contributed by atoms with E-state index in [2.05, 4.69) is 15.6 Å². The van der Waals surface area contributed by atoms with E-state index in [9.17, 15) is 14.0 Å².